The van der Waals surface area contributed by atoms with Gasteiger partial charge in [0.2, 0.25) is 10.0 Å². The molecule has 1 aliphatic rings. The van der Waals surface area contributed by atoms with Crippen molar-refractivity contribution in [2.45, 2.75) is 11.4 Å². The minimum absolute atomic E-state index is 0.0411. The molecule has 0 radical (unpaired) electrons. The number of nitrogens with zero attached hydrogens (tertiary/aromatic N) is 4. The fourth-order valence-corrected chi connectivity index (χ4v) is 4.70. The molecule has 0 N–H and O–H groups in total. The Hall–Kier alpha value is -2.49. The lowest BCUT2D eigenvalue weighted by molar-refractivity contribution is -0.384. The molecule has 8 nitrogen and oxygen atoms in total. The molecule has 1 saturated heterocycles. The highest BCUT2D eigenvalue weighted by atomic mass is 32.2. The predicted molar refractivity (Wildman–Crippen MR) is 108 cm³/mol. The predicted octanol–water partition coefficient (Wildman–Crippen LogP) is 2.17. The zero-order valence-corrected chi connectivity index (χ0v) is 16.8. The summed E-state index contributed by atoms with van der Waals surface area (Å²) >= 11 is 0. The Morgan fingerprint density at radius 2 is 1.71 bits per heavy atom. The van der Waals surface area contributed by atoms with Crippen LogP contribution in [-0.4, -0.2) is 62.8 Å². The van der Waals surface area contributed by atoms with Crippen LogP contribution in [0.4, 0.5) is 11.4 Å². The van der Waals surface area contributed by atoms with Crippen LogP contribution in [0.25, 0.3) is 0 Å². The van der Waals surface area contributed by atoms with Crippen molar-refractivity contribution < 1.29 is 13.3 Å². The Balaban J connectivity index is 1.89. The molecule has 1 fully saturated rings. The van der Waals surface area contributed by atoms with Crippen molar-refractivity contribution in [2.75, 3.05) is 45.2 Å². The van der Waals surface area contributed by atoms with Crippen molar-refractivity contribution in [2.24, 2.45) is 0 Å². The molecule has 3 rings (SSSR count). The van der Waals surface area contributed by atoms with Crippen molar-refractivity contribution in [1.29, 1.82) is 0 Å². The standard InChI is InChI=1S/C19H24N4O4S/c1-20-10-12-22(13-11-20)28(26,27)17-8-9-18(19(14-17)23(24)25)21(2)15-16-6-4-3-5-7-16/h3-9,14H,10-13,15H2,1-2H3. The second kappa shape index (κ2) is 8.26. The number of piperazine rings is 1. The van der Waals surface area contributed by atoms with E-state index in [0.29, 0.717) is 38.4 Å². The number of rotatable bonds is 6. The van der Waals surface area contributed by atoms with Gasteiger partial charge >= 0.3 is 0 Å². The number of anilines is 1. The molecular formula is C19H24N4O4S. The van der Waals surface area contributed by atoms with E-state index in [0.717, 1.165) is 5.56 Å². The van der Waals surface area contributed by atoms with Crippen LogP contribution in [0.1, 0.15) is 5.56 Å². The molecule has 2 aromatic rings. The quantitative estimate of drug-likeness (QED) is 0.542. The third-order valence-electron chi connectivity index (χ3n) is 4.92. The average Bonchev–Trinajstić information content (AvgIpc) is 2.68. The van der Waals surface area contributed by atoms with Gasteiger partial charge in [0, 0.05) is 45.8 Å². The third kappa shape index (κ3) is 4.32. The fraction of sp³-hybridized carbons (Fsp3) is 0.368. The van der Waals surface area contributed by atoms with Gasteiger partial charge in [0.1, 0.15) is 5.69 Å². The summed E-state index contributed by atoms with van der Waals surface area (Å²) in [4.78, 5) is 14.9. The minimum atomic E-state index is -3.76. The van der Waals surface area contributed by atoms with Crippen molar-refractivity contribution in [3.8, 4) is 0 Å². The Labute approximate surface area is 165 Å². The molecule has 0 amide bonds. The summed E-state index contributed by atoms with van der Waals surface area (Å²) in [6.07, 6.45) is 0. The number of benzene rings is 2. The summed E-state index contributed by atoms with van der Waals surface area (Å²) in [6, 6.07) is 13.7. The lowest BCUT2D eigenvalue weighted by Gasteiger charge is -2.31. The molecule has 150 valence electrons. The average molecular weight is 404 g/mol. The van der Waals surface area contributed by atoms with Crippen LogP contribution in [0, 0.1) is 10.1 Å². The number of hydrogen-bond donors (Lipinski definition) is 0. The van der Waals surface area contributed by atoms with Gasteiger partial charge in [-0.15, -0.1) is 0 Å². The number of nitro benzene ring substituents is 1. The highest BCUT2D eigenvalue weighted by Crippen LogP contribution is 2.32. The van der Waals surface area contributed by atoms with Crippen LogP contribution in [0.2, 0.25) is 0 Å². The van der Waals surface area contributed by atoms with Gasteiger partial charge in [-0.2, -0.15) is 4.31 Å². The molecule has 28 heavy (non-hydrogen) atoms. The molecule has 0 saturated carbocycles. The molecule has 0 aliphatic carbocycles. The molecule has 0 spiro atoms. The summed E-state index contributed by atoms with van der Waals surface area (Å²) in [7, 11) is -0.0685. The summed E-state index contributed by atoms with van der Waals surface area (Å²) in [5.74, 6) is 0. The fourth-order valence-electron chi connectivity index (χ4n) is 3.25. The Bertz CT molecular complexity index is 942. The molecule has 9 heteroatoms. The van der Waals surface area contributed by atoms with Crippen LogP contribution < -0.4 is 4.90 Å². The largest absolute Gasteiger partial charge is 0.365 e. The lowest BCUT2D eigenvalue weighted by Crippen LogP contribution is -2.47. The van der Waals surface area contributed by atoms with Crippen molar-refractivity contribution in [1.82, 2.24) is 9.21 Å². The maximum absolute atomic E-state index is 12.9. The smallest absolute Gasteiger partial charge is 0.293 e. The van der Waals surface area contributed by atoms with Crippen LogP contribution in [0.3, 0.4) is 0 Å². The number of likely N-dealkylation sites (N-methyl/N-ethyl adjacent to an activating group) is 1. The van der Waals surface area contributed by atoms with Gasteiger partial charge in [0.15, 0.2) is 0 Å². The first-order valence-electron chi connectivity index (χ1n) is 9.01. The second-order valence-electron chi connectivity index (χ2n) is 6.96. The Kier molecular flexibility index (Phi) is 5.97. The van der Waals surface area contributed by atoms with Gasteiger partial charge in [-0.05, 0) is 24.7 Å². The molecule has 0 unspecified atom stereocenters. The van der Waals surface area contributed by atoms with Crippen LogP contribution in [-0.2, 0) is 16.6 Å². The van der Waals surface area contributed by atoms with Gasteiger partial charge in [0.25, 0.3) is 5.69 Å². The summed E-state index contributed by atoms with van der Waals surface area (Å²) in [5.41, 5.74) is 1.17. The zero-order chi connectivity index (χ0) is 20.3. The third-order valence-corrected chi connectivity index (χ3v) is 6.81. The van der Waals surface area contributed by atoms with E-state index in [4.69, 9.17) is 0 Å². The van der Waals surface area contributed by atoms with Crippen LogP contribution in [0.5, 0.6) is 0 Å². The second-order valence-corrected chi connectivity index (χ2v) is 8.89. The van der Waals surface area contributed by atoms with Crippen molar-refractivity contribution in [3.63, 3.8) is 0 Å². The topological polar surface area (TPSA) is 87.0 Å². The van der Waals surface area contributed by atoms with Crippen molar-refractivity contribution >= 4 is 21.4 Å². The summed E-state index contributed by atoms with van der Waals surface area (Å²) < 4.78 is 27.2. The van der Waals surface area contributed by atoms with E-state index in [1.165, 1.54) is 22.5 Å². The van der Waals surface area contributed by atoms with Gasteiger partial charge in [-0.1, -0.05) is 30.3 Å². The van der Waals surface area contributed by atoms with E-state index in [1.807, 2.05) is 37.4 Å². The van der Waals surface area contributed by atoms with Crippen molar-refractivity contribution in [3.05, 3.63) is 64.2 Å². The highest BCUT2D eigenvalue weighted by molar-refractivity contribution is 7.89. The van der Waals surface area contributed by atoms with E-state index >= 15 is 0 Å². The normalized spacial score (nSPS) is 16.1. The van der Waals surface area contributed by atoms with Gasteiger partial charge in [-0.25, -0.2) is 8.42 Å². The van der Waals surface area contributed by atoms with E-state index < -0.39 is 14.9 Å². The maximum atomic E-state index is 12.9. The first-order chi connectivity index (χ1) is 13.3. The minimum Gasteiger partial charge on any atom is -0.365 e. The number of hydrogen-bond acceptors (Lipinski definition) is 6. The highest BCUT2D eigenvalue weighted by Gasteiger charge is 2.30. The zero-order valence-electron chi connectivity index (χ0n) is 16.0. The SMILES string of the molecule is CN1CCN(S(=O)(=O)c2ccc(N(C)Cc3ccccc3)c([N+](=O)[O-])c2)CC1. The maximum Gasteiger partial charge on any atom is 0.293 e. The monoisotopic (exact) mass is 404 g/mol. The molecule has 1 heterocycles. The Morgan fingerprint density at radius 1 is 1.07 bits per heavy atom. The van der Waals surface area contributed by atoms with E-state index in [-0.39, 0.29) is 10.6 Å². The first-order valence-corrected chi connectivity index (χ1v) is 10.5. The number of nitro groups is 1. The van der Waals surface area contributed by atoms with Crippen LogP contribution in [0.15, 0.2) is 53.4 Å². The van der Waals surface area contributed by atoms with E-state index in [2.05, 4.69) is 4.90 Å². The van der Waals surface area contributed by atoms with E-state index in [9.17, 15) is 18.5 Å². The van der Waals surface area contributed by atoms with Gasteiger partial charge < -0.3 is 9.80 Å². The number of sulfonamides is 1. The van der Waals surface area contributed by atoms with Crippen LogP contribution >= 0.6 is 0 Å². The van der Waals surface area contributed by atoms with E-state index in [1.54, 1.807) is 11.9 Å². The van der Waals surface area contributed by atoms with Gasteiger partial charge in [-0.3, -0.25) is 10.1 Å². The summed E-state index contributed by atoms with van der Waals surface area (Å²) in [5, 5.41) is 11.6. The van der Waals surface area contributed by atoms with Gasteiger partial charge in [0.05, 0.1) is 9.82 Å². The lowest BCUT2D eigenvalue weighted by atomic mass is 10.2. The first kappa shape index (κ1) is 20.2. The molecule has 0 aromatic heterocycles. The molecule has 2 aromatic carbocycles. The molecule has 0 bridgehead atoms. The molecule has 0 atom stereocenters. The molecule has 1 aliphatic heterocycles. The molecular weight excluding hydrogens is 380 g/mol. The Morgan fingerprint density at radius 3 is 2.32 bits per heavy atom. The summed E-state index contributed by atoms with van der Waals surface area (Å²) in [6.45, 7) is 2.51.